The minimum Gasteiger partial charge on any atom is -0.336 e. The fraction of sp³-hybridized carbons (Fsp3) is 0.520. The Labute approximate surface area is 189 Å². The van der Waals surface area contributed by atoms with Crippen LogP contribution in [0, 0.1) is 0 Å². The Bertz CT molecular complexity index is 1070. The summed E-state index contributed by atoms with van der Waals surface area (Å²) in [5.41, 5.74) is 2.08. The van der Waals surface area contributed by atoms with E-state index in [-0.39, 0.29) is 17.4 Å². The number of allylic oxidation sites excluding steroid dienone is 1. The van der Waals surface area contributed by atoms with Crippen LogP contribution >= 0.6 is 0 Å². The molecule has 0 N–H and O–H groups in total. The Morgan fingerprint density at radius 3 is 2.41 bits per heavy atom. The van der Waals surface area contributed by atoms with Gasteiger partial charge in [0.2, 0.25) is 0 Å². The van der Waals surface area contributed by atoms with Crippen LogP contribution in [0.4, 0.5) is 15.9 Å². The molecule has 0 amide bonds. The average Bonchev–Trinajstić information content (AvgIpc) is 3.08. The molecule has 7 heteroatoms. The molecular formula is C25H35FN4O2. The Morgan fingerprint density at radius 2 is 1.81 bits per heavy atom. The van der Waals surface area contributed by atoms with E-state index in [0.29, 0.717) is 43.9 Å². The van der Waals surface area contributed by atoms with E-state index >= 15 is 0 Å². The smallest absolute Gasteiger partial charge is 0.332 e. The predicted octanol–water partition coefficient (Wildman–Crippen LogP) is 4.21. The molecule has 0 bridgehead atoms. The van der Waals surface area contributed by atoms with E-state index < -0.39 is 6.17 Å². The van der Waals surface area contributed by atoms with Gasteiger partial charge in [0.1, 0.15) is 23.8 Å². The van der Waals surface area contributed by atoms with E-state index in [9.17, 15) is 14.0 Å². The first-order valence-electron chi connectivity index (χ1n) is 11.6. The fourth-order valence-electron chi connectivity index (χ4n) is 4.54. The van der Waals surface area contributed by atoms with Gasteiger partial charge in [-0.1, -0.05) is 57.2 Å². The van der Waals surface area contributed by atoms with Crippen molar-refractivity contribution in [3.05, 3.63) is 68.4 Å². The third-order valence-corrected chi connectivity index (χ3v) is 6.24. The van der Waals surface area contributed by atoms with Gasteiger partial charge >= 0.3 is 5.69 Å². The van der Waals surface area contributed by atoms with Crippen LogP contribution in [0.5, 0.6) is 0 Å². The molecule has 1 aliphatic rings. The van der Waals surface area contributed by atoms with Crippen LogP contribution in [0.1, 0.15) is 52.0 Å². The lowest BCUT2D eigenvalue weighted by atomic mass is 10.0. The molecule has 1 aliphatic heterocycles. The van der Waals surface area contributed by atoms with E-state index in [4.69, 9.17) is 0 Å². The molecule has 2 unspecified atom stereocenters. The highest BCUT2D eigenvalue weighted by Crippen LogP contribution is 2.39. The number of hydrogen-bond acceptors (Lipinski definition) is 4. The monoisotopic (exact) mass is 442 g/mol. The van der Waals surface area contributed by atoms with Crippen molar-refractivity contribution in [2.75, 3.05) is 16.8 Å². The zero-order chi connectivity index (χ0) is 23.4. The molecule has 1 aromatic heterocycles. The first-order valence-corrected chi connectivity index (χ1v) is 11.6. The fourth-order valence-corrected chi connectivity index (χ4v) is 4.54. The molecule has 0 saturated heterocycles. The molecular weight excluding hydrogens is 407 g/mol. The second kappa shape index (κ2) is 10.2. The van der Waals surface area contributed by atoms with Crippen LogP contribution in [0.15, 0.2) is 51.6 Å². The summed E-state index contributed by atoms with van der Waals surface area (Å²) in [5, 5.41) is 0. The zero-order valence-corrected chi connectivity index (χ0v) is 19.8. The molecule has 0 saturated carbocycles. The van der Waals surface area contributed by atoms with Crippen molar-refractivity contribution in [2.24, 2.45) is 7.05 Å². The van der Waals surface area contributed by atoms with Gasteiger partial charge in [-0.3, -0.25) is 13.9 Å². The standard InChI is InChI=1S/C25H35FN4O2/c1-6-16-29-24(31)21-23(28(5)25(29)32)27(4)22(19(7-2)14-15-20(26)8-3)30(21)17-18-12-10-9-11-13-18/h9-14,20,22H,6-8,15-17H2,1-5H3/b19-14+. The second-order valence-corrected chi connectivity index (χ2v) is 8.44. The molecule has 3 rings (SSSR count). The first-order chi connectivity index (χ1) is 15.3. The topological polar surface area (TPSA) is 50.5 Å². The van der Waals surface area contributed by atoms with Gasteiger partial charge in [0.05, 0.1) is 0 Å². The van der Waals surface area contributed by atoms with Gasteiger partial charge in [-0.05, 0) is 36.8 Å². The van der Waals surface area contributed by atoms with Gasteiger partial charge in [0.25, 0.3) is 5.56 Å². The van der Waals surface area contributed by atoms with Crippen molar-refractivity contribution in [3.63, 3.8) is 0 Å². The highest BCUT2D eigenvalue weighted by Gasteiger charge is 2.40. The van der Waals surface area contributed by atoms with Crippen molar-refractivity contribution in [1.82, 2.24) is 9.13 Å². The zero-order valence-electron chi connectivity index (χ0n) is 19.8. The number of fused-ring (bicyclic) bond motifs is 1. The molecule has 2 aromatic rings. The summed E-state index contributed by atoms with van der Waals surface area (Å²) in [6.07, 6.45) is 3.07. The Hall–Kier alpha value is -2.83. The summed E-state index contributed by atoms with van der Waals surface area (Å²) in [7, 11) is 3.63. The van der Waals surface area contributed by atoms with Crippen molar-refractivity contribution in [3.8, 4) is 0 Å². The molecule has 1 aromatic carbocycles. The second-order valence-electron chi connectivity index (χ2n) is 8.44. The SMILES string of the molecule is CCCn1c(=O)c2c(n(C)c1=O)N(C)C(/C(=C/CC(F)CC)CC)N2Cc1ccccc1. The maximum atomic E-state index is 14.1. The average molecular weight is 443 g/mol. The number of halogens is 1. The van der Waals surface area contributed by atoms with E-state index in [1.807, 2.05) is 62.2 Å². The van der Waals surface area contributed by atoms with Gasteiger partial charge in [-0.25, -0.2) is 9.18 Å². The van der Waals surface area contributed by atoms with Crippen molar-refractivity contribution >= 4 is 11.5 Å². The predicted molar refractivity (Wildman–Crippen MR) is 129 cm³/mol. The third-order valence-electron chi connectivity index (χ3n) is 6.24. The van der Waals surface area contributed by atoms with Crippen molar-refractivity contribution in [1.29, 1.82) is 0 Å². The van der Waals surface area contributed by atoms with E-state index in [0.717, 1.165) is 17.6 Å². The van der Waals surface area contributed by atoms with Crippen molar-refractivity contribution in [2.45, 2.75) is 71.9 Å². The molecule has 32 heavy (non-hydrogen) atoms. The van der Waals surface area contributed by atoms with Crippen LogP contribution in [0.3, 0.4) is 0 Å². The maximum absolute atomic E-state index is 14.1. The van der Waals surface area contributed by atoms with Crippen LogP contribution < -0.4 is 21.0 Å². The van der Waals surface area contributed by atoms with E-state index in [1.165, 1.54) is 4.57 Å². The number of anilines is 2. The molecule has 174 valence electrons. The minimum atomic E-state index is -0.889. The number of rotatable bonds is 9. The number of alkyl halides is 1. The summed E-state index contributed by atoms with van der Waals surface area (Å²) in [4.78, 5) is 30.6. The Morgan fingerprint density at radius 1 is 1.12 bits per heavy atom. The normalized spacial score (nSPS) is 17.1. The van der Waals surface area contributed by atoms with Gasteiger partial charge in [0.15, 0.2) is 0 Å². The largest absolute Gasteiger partial charge is 0.336 e. The van der Waals surface area contributed by atoms with Gasteiger partial charge in [0, 0.05) is 27.2 Å². The van der Waals surface area contributed by atoms with Crippen LogP contribution in [0.25, 0.3) is 0 Å². The molecule has 2 atom stereocenters. The third kappa shape index (κ3) is 4.38. The number of hydrogen-bond donors (Lipinski definition) is 0. The van der Waals surface area contributed by atoms with Crippen LogP contribution in [-0.4, -0.2) is 28.5 Å². The Balaban J connectivity index is 2.20. The molecule has 2 heterocycles. The number of benzene rings is 1. The number of aromatic nitrogens is 2. The van der Waals surface area contributed by atoms with E-state index in [2.05, 4.69) is 11.8 Å². The van der Waals surface area contributed by atoms with Gasteiger partial charge in [-0.15, -0.1) is 0 Å². The van der Waals surface area contributed by atoms with Gasteiger partial charge in [-0.2, -0.15) is 0 Å². The molecule has 0 fully saturated rings. The highest BCUT2D eigenvalue weighted by atomic mass is 19.1. The lowest BCUT2D eigenvalue weighted by molar-refractivity contribution is 0.326. The maximum Gasteiger partial charge on any atom is 0.332 e. The first kappa shape index (κ1) is 23.8. The number of nitrogens with zero attached hydrogens (tertiary/aromatic N) is 4. The quantitative estimate of drug-likeness (QED) is 0.546. The summed E-state index contributed by atoms with van der Waals surface area (Å²) in [6, 6.07) is 9.99. The summed E-state index contributed by atoms with van der Waals surface area (Å²) >= 11 is 0. The lowest BCUT2D eigenvalue weighted by Gasteiger charge is -2.32. The van der Waals surface area contributed by atoms with Crippen molar-refractivity contribution < 1.29 is 4.39 Å². The Kier molecular flexibility index (Phi) is 7.59. The van der Waals surface area contributed by atoms with Crippen LogP contribution in [0.2, 0.25) is 0 Å². The molecule has 0 spiro atoms. The summed E-state index contributed by atoms with van der Waals surface area (Å²) < 4.78 is 17.0. The molecule has 0 aliphatic carbocycles. The lowest BCUT2D eigenvalue weighted by Crippen LogP contribution is -2.44. The summed E-state index contributed by atoms with van der Waals surface area (Å²) in [5.74, 6) is 0.611. The minimum absolute atomic E-state index is 0.255. The van der Waals surface area contributed by atoms with Crippen LogP contribution in [-0.2, 0) is 20.1 Å². The summed E-state index contributed by atoms with van der Waals surface area (Å²) in [6.45, 7) is 6.75. The molecule has 0 radical (unpaired) electrons. The molecule has 6 nitrogen and oxygen atoms in total. The van der Waals surface area contributed by atoms with E-state index in [1.54, 1.807) is 11.6 Å². The van der Waals surface area contributed by atoms with Gasteiger partial charge < -0.3 is 9.80 Å². The number of likely N-dealkylation sites (N-methyl/N-ethyl adjacent to an activating group) is 1. The highest BCUT2D eigenvalue weighted by molar-refractivity contribution is 5.75.